The van der Waals surface area contributed by atoms with Gasteiger partial charge in [0.05, 0.1) is 19.1 Å². The second-order valence-electron chi connectivity index (χ2n) is 8.13. The van der Waals surface area contributed by atoms with Crippen LogP contribution in [0, 0.1) is 25.7 Å². The first-order valence-corrected chi connectivity index (χ1v) is 10.1. The molecule has 26 heavy (non-hydrogen) atoms. The molecule has 142 valence electrons. The van der Waals surface area contributed by atoms with Crippen molar-refractivity contribution in [3.05, 3.63) is 17.5 Å². The molecule has 1 aromatic rings. The van der Waals surface area contributed by atoms with Crippen LogP contribution in [0.5, 0.6) is 0 Å². The topological polar surface area (TPSA) is 58.6 Å². The van der Waals surface area contributed by atoms with Crippen LogP contribution in [0.25, 0.3) is 0 Å². The van der Waals surface area contributed by atoms with E-state index in [1.165, 1.54) is 6.42 Å². The molecule has 3 aliphatic rings. The molecule has 0 N–H and O–H groups in total. The Morgan fingerprint density at radius 3 is 2.62 bits per heavy atom. The van der Waals surface area contributed by atoms with Crippen LogP contribution >= 0.6 is 0 Å². The Morgan fingerprint density at radius 1 is 1.15 bits per heavy atom. The highest BCUT2D eigenvalue weighted by Gasteiger charge is 2.42. The molecule has 0 aromatic carbocycles. The van der Waals surface area contributed by atoms with E-state index in [0.29, 0.717) is 18.3 Å². The summed E-state index contributed by atoms with van der Waals surface area (Å²) in [6.45, 7) is 8.53. The molecule has 0 spiro atoms. The molecule has 3 fully saturated rings. The highest BCUT2D eigenvalue weighted by atomic mass is 16.5. The van der Waals surface area contributed by atoms with Crippen molar-refractivity contribution in [1.29, 1.82) is 0 Å². The monoisotopic (exact) mass is 358 g/mol. The van der Waals surface area contributed by atoms with Gasteiger partial charge in [0.2, 0.25) is 11.9 Å². The van der Waals surface area contributed by atoms with Gasteiger partial charge in [0.1, 0.15) is 0 Å². The number of rotatable bonds is 3. The van der Waals surface area contributed by atoms with Crippen LogP contribution in [-0.4, -0.2) is 59.7 Å². The number of ether oxygens (including phenoxy) is 1. The maximum absolute atomic E-state index is 12.6. The molecule has 1 amide bonds. The summed E-state index contributed by atoms with van der Waals surface area (Å²) in [5.74, 6) is 2.10. The van der Waals surface area contributed by atoms with E-state index in [1.807, 2.05) is 24.8 Å². The average molecular weight is 358 g/mol. The molecule has 0 aliphatic carbocycles. The zero-order chi connectivity index (χ0) is 18.1. The lowest BCUT2D eigenvalue weighted by molar-refractivity contribution is -0.134. The Bertz CT molecular complexity index is 639. The zero-order valence-corrected chi connectivity index (χ0v) is 16.0. The number of anilines is 1. The number of hydrogen-bond donors (Lipinski definition) is 0. The summed E-state index contributed by atoms with van der Waals surface area (Å²) < 4.78 is 6.08. The van der Waals surface area contributed by atoms with E-state index in [4.69, 9.17) is 4.74 Å². The number of piperidine rings is 2. The van der Waals surface area contributed by atoms with E-state index < -0.39 is 0 Å². The van der Waals surface area contributed by atoms with Gasteiger partial charge in [-0.2, -0.15) is 0 Å². The molecule has 6 nitrogen and oxygen atoms in total. The summed E-state index contributed by atoms with van der Waals surface area (Å²) in [6, 6.07) is 2.01. The Hall–Kier alpha value is -1.69. The molecular formula is C20H30N4O2. The predicted octanol–water partition coefficient (Wildman–Crippen LogP) is 2.34. The van der Waals surface area contributed by atoms with Gasteiger partial charge in [-0.3, -0.25) is 4.79 Å². The van der Waals surface area contributed by atoms with Crippen LogP contribution in [0.15, 0.2) is 6.07 Å². The number of likely N-dealkylation sites (tertiary alicyclic amines) is 1. The van der Waals surface area contributed by atoms with Crippen LogP contribution in [-0.2, 0) is 9.53 Å². The third-order valence-corrected chi connectivity index (χ3v) is 6.13. The second kappa shape index (κ2) is 7.51. The molecule has 0 saturated carbocycles. The van der Waals surface area contributed by atoms with Gasteiger partial charge in [-0.25, -0.2) is 9.97 Å². The standard InChI is InChI=1S/C20H30N4O2/c1-14-10-15(2)22-20(21-14)24-9-6-17-16(12-24)13-26-18(17)11-19(25)23-7-4-3-5-8-23/h10,16-18H,3-9,11-13H2,1-2H3/t16-,17-,18+/m1/s1. The van der Waals surface area contributed by atoms with Crippen molar-refractivity contribution >= 4 is 11.9 Å². The quantitative estimate of drug-likeness (QED) is 0.830. The van der Waals surface area contributed by atoms with Crippen LogP contribution < -0.4 is 4.90 Å². The van der Waals surface area contributed by atoms with Crippen molar-refractivity contribution in [3.63, 3.8) is 0 Å². The first-order valence-electron chi connectivity index (χ1n) is 10.1. The minimum Gasteiger partial charge on any atom is -0.377 e. The fourth-order valence-electron chi connectivity index (χ4n) is 4.77. The molecule has 0 radical (unpaired) electrons. The fourth-order valence-corrected chi connectivity index (χ4v) is 4.77. The number of hydrogen-bond acceptors (Lipinski definition) is 5. The summed E-state index contributed by atoms with van der Waals surface area (Å²) in [4.78, 5) is 26.2. The smallest absolute Gasteiger partial charge is 0.225 e. The van der Waals surface area contributed by atoms with Gasteiger partial charge in [0.15, 0.2) is 0 Å². The molecule has 4 rings (SSSR count). The maximum atomic E-state index is 12.6. The molecule has 0 unspecified atom stereocenters. The van der Waals surface area contributed by atoms with Gasteiger partial charge >= 0.3 is 0 Å². The largest absolute Gasteiger partial charge is 0.377 e. The number of fused-ring (bicyclic) bond motifs is 1. The summed E-state index contributed by atoms with van der Waals surface area (Å²) in [5.41, 5.74) is 2.03. The SMILES string of the molecule is Cc1cc(C)nc(N2CC[C@@H]3[C@@H](CO[C@H]3CC(=O)N3CCCCC3)C2)n1. The summed E-state index contributed by atoms with van der Waals surface area (Å²) in [7, 11) is 0. The minimum atomic E-state index is 0.0942. The molecular weight excluding hydrogens is 328 g/mol. The van der Waals surface area contributed by atoms with Crippen LogP contribution in [0.2, 0.25) is 0 Å². The van der Waals surface area contributed by atoms with Crippen LogP contribution in [0.1, 0.15) is 43.5 Å². The fraction of sp³-hybridized carbons (Fsp3) is 0.750. The zero-order valence-electron chi connectivity index (χ0n) is 16.0. The number of carbonyl (C=O) groups excluding carboxylic acids is 1. The lowest BCUT2D eigenvalue weighted by Crippen LogP contribution is -2.44. The highest BCUT2D eigenvalue weighted by molar-refractivity contribution is 5.76. The second-order valence-corrected chi connectivity index (χ2v) is 8.13. The van der Waals surface area contributed by atoms with Crippen molar-refractivity contribution in [2.45, 2.75) is 52.1 Å². The van der Waals surface area contributed by atoms with Crippen molar-refractivity contribution in [1.82, 2.24) is 14.9 Å². The van der Waals surface area contributed by atoms with Crippen molar-refractivity contribution < 1.29 is 9.53 Å². The van der Waals surface area contributed by atoms with E-state index in [1.54, 1.807) is 0 Å². The Balaban J connectivity index is 1.36. The highest BCUT2D eigenvalue weighted by Crippen LogP contribution is 2.37. The molecule has 3 aliphatic heterocycles. The lowest BCUT2D eigenvalue weighted by Gasteiger charge is -2.36. The Morgan fingerprint density at radius 2 is 1.88 bits per heavy atom. The van der Waals surface area contributed by atoms with Gasteiger partial charge < -0.3 is 14.5 Å². The van der Waals surface area contributed by atoms with Crippen molar-refractivity contribution in [2.75, 3.05) is 37.7 Å². The van der Waals surface area contributed by atoms with Crippen molar-refractivity contribution in [3.8, 4) is 0 Å². The van der Waals surface area contributed by atoms with E-state index >= 15 is 0 Å². The summed E-state index contributed by atoms with van der Waals surface area (Å²) in [5, 5.41) is 0. The summed E-state index contributed by atoms with van der Waals surface area (Å²) in [6.07, 6.45) is 5.25. The number of amides is 1. The van der Waals surface area contributed by atoms with Crippen LogP contribution in [0.3, 0.4) is 0 Å². The Labute approximate surface area is 155 Å². The molecule has 0 bridgehead atoms. The van der Waals surface area contributed by atoms with Gasteiger partial charge in [0.25, 0.3) is 0 Å². The molecule has 6 heteroatoms. The third-order valence-electron chi connectivity index (χ3n) is 6.13. The third kappa shape index (κ3) is 3.70. The maximum Gasteiger partial charge on any atom is 0.225 e. The molecule has 1 aromatic heterocycles. The number of carbonyl (C=O) groups is 1. The van der Waals surface area contributed by atoms with Gasteiger partial charge in [-0.05, 0) is 51.5 Å². The summed E-state index contributed by atoms with van der Waals surface area (Å²) >= 11 is 0. The average Bonchev–Trinajstić information content (AvgIpc) is 3.04. The number of aromatic nitrogens is 2. The van der Waals surface area contributed by atoms with Gasteiger partial charge in [0, 0.05) is 43.5 Å². The molecule has 4 heterocycles. The van der Waals surface area contributed by atoms with Gasteiger partial charge in [-0.1, -0.05) is 0 Å². The first-order chi connectivity index (χ1) is 12.6. The lowest BCUT2D eigenvalue weighted by atomic mass is 9.83. The molecule has 3 saturated heterocycles. The number of nitrogens with zero attached hydrogens (tertiary/aromatic N) is 4. The number of aryl methyl sites for hydroxylation is 2. The molecule has 3 atom stereocenters. The van der Waals surface area contributed by atoms with E-state index in [2.05, 4.69) is 14.9 Å². The van der Waals surface area contributed by atoms with E-state index in [0.717, 1.165) is 69.4 Å². The van der Waals surface area contributed by atoms with Crippen molar-refractivity contribution in [2.24, 2.45) is 11.8 Å². The first kappa shape index (κ1) is 17.7. The minimum absolute atomic E-state index is 0.0942. The predicted molar refractivity (Wildman–Crippen MR) is 100 cm³/mol. The van der Waals surface area contributed by atoms with Gasteiger partial charge in [-0.15, -0.1) is 0 Å². The Kier molecular flexibility index (Phi) is 5.11. The van der Waals surface area contributed by atoms with E-state index in [-0.39, 0.29) is 12.0 Å². The van der Waals surface area contributed by atoms with E-state index in [9.17, 15) is 4.79 Å². The normalized spacial score (nSPS) is 28.9. The van der Waals surface area contributed by atoms with Crippen LogP contribution in [0.4, 0.5) is 5.95 Å².